The fourth-order valence-corrected chi connectivity index (χ4v) is 1.75. The maximum absolute atomic E-state index is 8.67. The second-order valence-electron chi connectivity index (χ2n) is 3.33. The van der Waals surface area contributed by atoms with Gasteiger partial charge in [-0.25, -0.2) is 0 Å². The van der Waals surface area contributed by atoms with Gasteiger partial charge in [0.2, 0.25) is 0 Å². The standard InChI is InChI=1S/C8H17NO/c9-8(6-10)5-7-3-1-2-4-7/h7-8,10H,1-6,9H2/t8-/m1/s1. The highest BCUT2D eigenvalue weighted by molar-refractivity contribution is 4.72. The summed E-state index contributed by atoms with van der Waals surface area (Å²) in [6.45, 7) is 0.149. The summed E-state index contributed by atoms with van der Waals surface area (Å²) in [5, 5.41) is 8.67. The minimum atomic E-state index is 0.0306. The van der Waals surface area contributed by atoms with Crippen LogP contribution in [0.1, 0.15) is 32.1 Å². The SMILES string of the molecule is N[C@@H](CO)CC1CCCC1. The van der Waals surface area contributed by atoms with Gasteiger partial charge in [0.05, 0.1) is 6.61 Å². The first-order valence-corrected chi connectivity index (χ1v) is 4.19. The molecule has 0 heterocycles. The molecule has 0 bridgehead atoms. The van der Waals surface area contributed by atoms with Gasteiger partial charge in [0, 0.05) is 6.04 Å². The van der Waals surface area contributed by atoms with E-state index in [1.807, 2.05) is 0 Å². The first-order chi connectivity index (χ1) is 4.83. The number of aliphatic hydroxyl groups excluding tert-OH is 1. The van der Waals surface area contributed by atoms with Crippen molar-refractivity contribution >= 4 is 0 Å². The van der Waals surface area contributed by atoms with Gasteiger partial charge in [-0.1, -0.05) is 25.7 Å². The van der Waals surface area contributed by atoms with Crippen molar-refractivity contribution in [3.63, 3.8) is 0 Å². The van der Waals surface area contributed by atoms with Crippen molar-refractivity contribution in [1.29, 1.82) is 0 Å². The second-order valence-corrected chi connectivity index (χ2v) is 3.33. The summed E-state index contributed by atoms with van der Waals surface area (Å²) < 4.78 is 0. The molecular weight excluding hydrogens is 126 g/mol. The van der Waals surface area contributed by atoms with E-state index in [4.69, 9.17) is 10.8 Å². The molecule has 2 heteroatoms. The van der Waals surface area contributed by atoms with Crippen molar-refractivity contribution in [2.24, 2.45) is 11.7 Å². The van der Waals surface area contributed by atoms with Gasteiger partial charge in [0.15, 0.2) is 0 Å². The van der Waals surface area contributed by atoms with Crippen LogP contribution in [0.5, 0.6) is 0 Å². The molecule has 0 radical (unpaired) electrons. The van der Waals surface area contributed by atoms with Gasteiger partial charge in [-0.15, -0.1) is 0 Å². The molecule has 10 heavy (non-hydrogen) atoms. The normalized spacial score (nSPS) is 23.4. The molecule has 0 aromatic heterocycles. The van der Waals surface area contributed by atoms with Crippen LogP contribution in [-0.2, 0) is 0 Å². The number of rotatable bonds is 3. The number of hydrogen-bond acceptors (Lipinski definition) is 2. The average molecular weight is 143 g/mol. The van der Waals surface area contributed by atoms with Crippen LogP contribution in [-0.4, -0.2) is 17.8 Å². The molecule has 0 saturated heterocycles. The summed E-state index contributed by atoms with van der Waals surface area (Å²) in [7, 11) is 0. The van der Waals surface area contributed by atoms with Crippen molar-refractivity contribution in [2.45, 2.75) is 38.1 Å². The quantitative estimate of drug-likeness (QED) is 0.616. The zero-order valence-corrected chi connectivity index (χ0v) is 6.42. The Morgan fingerprint density at radius 1 is 1.40 bits per heavy atom. The summed E-state index contributed by atoms with van der Waals surface area (Å²) in [6.07, 6.45) is 6.41. The fourth-order valence-electron chi connectivity index (χ4n) is 1.75. The molecule has 0 unspecified atom stereocenters. The molecule has 1 saturated carbocycles. The van der Waals surface area contributed by atoms with E-state index in [0.717, 1.165) is 12.3 Å². The Hall–Kier alpha value is -0.0800. The first-order valence-electron chi connectivity index (χ1n) is 4.19. The van der Waals surface area contributed by atoms with Crippen molar-refractivity contribution < 1.29 is 5.11 Å². The van der Waals surface area contributed by atoms with Crippen LogP contribution in [0.4, 0.5) is 0 Å². The molecule has 1 rings (SSSR count). The zero-order chi connectivity index (χ0) is 7.40. The largest absolute Gasteiger partial charge is 0.395 e. The lowest BCUT2D eigenvalue weighted by Gasteiger charge is -2.12. The minimum Gasteiger partial charge on any atom is -0.395 e. The Labute approximate surface area is 62.4 Å². The topological polar surface area (TPSA) is 46.2 Å². The third-order valence-electron chi connectivity index (χ3n) is 2.35. The van der Waals surface area contributed by atoms with Crippen LogP contribution in [0.15, 0.2) is 0 Å². The van der Waals surface area contributed by atoms with E-state index in [9.17, 15) is 0 Å². The molecule has 3 N–H and O–H groups in total. The average Bonchev–Trinajstić information content (AvgIpc) is 2.40. The van der Waals surface area contributed by atoms with Crippen LogP contribution in [0.3, 0.4) is 0 Å². The van der Waals surface area contributed by atoms with Gasteiger partial charge in [-0.2, -0.15) is 0 Å². The first kappa shape index (κ1) is 8.02. The van der Waals surface area contributed by atoms with E-state index < -0.39 is 0 Å². The highest BCUT2D eigenvalue weighted by atomic mass is 16.3. The van der Waals surface area contributed by atoms with Crippen molar-refractivity contribution in [3.05, 3.63) is 0 Å². The van der Waals surface area contributed by atoms with E-state index in [-0.39, 0.29) is 12.6 Å². The third kappa shape index (κ3) is 2.27. The maximum Gasteiger partial charge on any atom is 0.0582 e. The van der Waals surface area contributed by atoms with E-state index in [0.29, 0.717) is 0 Å². The Kier molecular flexibility index (Phi) is 3.16. The number of aliphatic hydroxyl groups is 1. The molecule has 0 aromatic carbocycles. The number of nitrogens with two attached hydrogens (primary N) is 1. The second kappa shape index (κ2) is 3.94. The van der Waals surface area contributed by atoms with Crippen molar-refractivity contribution in [2.75, 3.05) is 6.61 Å². The Balaban J connectivity index is 2.11. The summed E-state index contributed by atoms with van der Waals surface area (Å²) >= 11 is 0. The molecule has 0 aliphatic heterocycles. The minimum absolute atomic E-state index is 0.0306. The molecule has 0 amide bonds. The summed E-state index contributed by atoms with van der Waals surface area (Å²) in [6, 6.07) is 0.0306. The third-order valence-corrected chi connectivity index (χ3v) is 2.35. The van der Waals surface area contributed by atoms with Crippen molar-refractivity contribution in [3.8, 4) is 0 Å². The fraction of sp³-hybridized carbons (Fsp3) is 1.00. The summed E-state index contributed by atoms with van der Waals surface area (Å²) in [5.74, 6) is 0.808. The predicted molar refractivity (Wildman–Crippen MR) is 41.6 cm³/mol. The van der Waals surface area contributed by atoms with Gasteiger partial charge < -0.3 is 10.8 Å². The summed E-state index contributed by atoms with van der Waals surface area (Å²) in [4.78, 5) is 0. The van der Waals surface area contributed by atoms with Gasteiger partial charge in [0.1, 0.15) is 0 Å². The molecule has 1 atom stereocenters. The zero-order valence-electron chi connectivity index (χ0n) is 6.42. The Morgan fingerprint density at radius 3 is 2.50 bits per heavy atom. The van der Waals surface area contributed by atoms with Crippen LogP contribution >= 0.6 is 0 Å². The molecule has 1 aliphatic carbocycles. The highest BCUT2D eigenvalue weighted by Gasteiger charge is 2.17. The van der Waals surface area contributed by atoms with Crippen LogP contribution in [0.2, 0.25) is 0 Å². The lowest BCUT2D eigenvalue weighted by Crippen LogP contribution is -2.26. The van der Waals surface area contributed by atoms with Crippen LogP contribution in [0.25, 0.3) is 0 Å². The molecule has 0 aromatic rings. The van der Waals surface area contributed by atoms with Gasteiger partial charge in [0.25, 0.3) is 0 Å². The number of hydrogen-bond donors (Lipinski definition) is 2. The summed E-state index contributed by atoms with van der Waals surface area (Å²) in [5.41, 5.74) is 5.60. The van der Waals surface area contributed by atoms with Crippen molar-refractivity contribution in [1.82, 2.24) is 0 Å². The van der Waals surface area contributed by atoms with E-state index in [1.54, 1.807) is 0 Å². The van der Waals surface area contributed by atoms with Gasteiger partial charge >= 0.3 is 0 Å². The molecular formula is C8H17NO. The van der Waals surface area contributed by atoms with Crippen LogP contribution in [0, 0.1) is 5.92 Å². The van der Waals surface area contributed by atoms with E-state index >= 15 is 0 Å². The molecule has 1 fully saturated rings. The molecule has 60 valence electrons. The maximum atomic E-state index is 8.67. The van der Waals surface area contributed by atoms with Gasteiger partial charge in [-0.05, 0) is 12.3 Å². The lowest BCUT2D eigenvalue weighted by molar-refractivity contribution is 0.245. The molecule has 1 aliphatic rings. The monoisotopic (exact) mass is 143 g/mol. The molecule has 0 spiro atoms. The Bertz CT molecular complexity index is 89.3. The lowest BCUT2D eigenvalue weighted by atomic mass is 9.99. The van der Waals surface area contributed by atoms with E-state index in [1.165, 1.54) is 25.7 Å². The van der Waals surface area contributed by atoms with E-state index in [2.05, 4.69) is 0 Å². The smallest absolute Gasteiger partial charge is 0.0582 e. The van der Waals surface area contributed by atoms with Gasteiger partial charge in [-0.3, -0.25) is 0 Å². The van der Waals surface area contributed by atoms with Crippen LogP contribution < -0.4 is 5.73 Å². The highest BCUT2D eigenvalue weighted by Crippen LogP contribution is 2.27. The Morgan fingerprint density at radius 2 is 2.00 bits per heavy atom. The molecule has 2 nitrogen and oxygen atoms in total. The predicted octanol–water partition coefficient (Wildman–Crippen LogP) is 0.886.